The first-order valence-corrected chi connectivity index (χ1v) is 8.45. The summed E-state index contributed by atoms with van der Waals surface area (Å²) in [5.74, 6) is 1.17. The van der Waals surface area contributed by atoms with Gasteiger partial charge in [-0.15, -0.1) is 0 Å². The maximum atomic E-state index is 13.1. The molecule has 3 aromatic rings. The van der Waals surface area contributed by atoms with Gasteiger partial charge in [-0.25, -0.2) is 19.9 Å². The lowest BCUT2D eigenvalue weighted by molar-refractivity contribution is -0.121. The smallest absolute Gasteiger partial charge is 0.242 e. The second-order valence-electron chi connectivity index (χ2n) is 7.02. The fraction of sp³-hybridized carbons (Fsp3) is 0.211. The van der Waals surface area contributed by atoms with Gasteiger partial charge in [0.05, 0.1) is 17.3 Å². The number of hydrogen-bond donors (Lipinski definition) is 2. The van der Waals surface area contributed by atoms with E-state index in [1.165, 1.54) is 11.1 Å². The Morgan fingerprint density at radius 3 is 2.33 bits per heavy atom. The highest BCUT2D eigenvalue weighted by atomic mass is 16.2. The zero-order valence-corrected chi connectivity index (χ0v) is 15.3. The lowest BCUT2D eigenvalue weighted by Crippen LogP contribution is -2.33. The molecule has 0 aliphatic carbocycles. The number of nitrogens with two attached hydrogens (primary N) is 2. The maximum absolute atomic E-state index is 13.1. The number of rotatable bonds is 2. The van der Waals surface area contributed by atoms with Gasteiger partial charge in [0.25, 0.3) is 0 Å². The summed E-state index contributed by atoms with van der Waals surface area (Å²) in [4.78, 5) is 31.5. The highest BCUT2D eigenvalue weighted by molar-refractivity contribution is 6.12. The third kappa shape index (κ3) is 2.57. The summed E-state index contributed by atoms with van der Waals surface area (Å²) in [6.45, 7) is 5.60. The lowest BCUT2D eigenvalue weighted by atomic mass is 9.85. The summed E-state index contributed by atoms with van der Waals surface area (Å²) in [5.41, 5.74) is 14.2. The molecule has 4 N–H and O–H groups in total. The molecule has 136 valence electrons. The first-order chi connectivity index (χ1) is 12.8. The van der Waals surface area contributed by atoms with Crippen molar-refractivity contribution in [2.45, 2.75) is 26.2 Å². The minimum absolute atomic E-state index is 0.0923. The largest absolute Gasteiger partial charge is 0.381 e. The van der Waals surface area contributed by atoms with Crippen molar-refractivity contribution in [3.05, 3.63) is 48.2 Å². The highest BCUT2D eigenvalue weighted by Crippen LogP contribution is 2.46. The first kappa shape index (κ1) is 16.9. The molecule has 0 fully saturated rings. The van der Waals surface area contributed by atoms with E-state index in [2.05, 4.69) is 19.9 Å². The summed E-state index contributed by atoms with van der Waals surface area (Å²) in [6.07, 6.45) is 4.98. The van der Waals surface area contributed by atoms with Gasteiger partial charge in [0.1, 0.15) is 5.82 Å². The summed E-state index contributed by atoms with van der Waals surface area (Å²) in [6, 6.07) is 5.86. The van der Waals surface area contributed by atoms with E-state index < -0.39 is 5.41 Å². The Hall–Kier alpha value is -3.55. The molecule has 8 heteroatoms. The number of fused-ring (bicyclic) bond motifs is 1. The van der Waals surface area contributed by atoms with Crippen molar-refractivity contribution in [3.63, 3.8) is 0 Å². The minimum Gasteiger partial charge on any atom is -0.381 e. The van der Waals surface area contributed by atoms with E-state index in [9.17, 15) is 4.79 Å². The van der Waals surface area contributed by atoms with Crippen molar-refractivity contribution >= 4 is 29.0 Å². The van der Waals surface area contributed by atoms with Crippen LogP contribution in [0, 0.1) is 6.92 Å². The van der Waals surface area contributed by atoms with Crippen molar-refractivity contribution in [1.82, 2.24) is 19.9 Å². The van der Waals surface area contributed by atoms with Gasteiger partial charge in [0.15, 0.2) is 17.5 Å². The van der Waals surface area contributed by atoms with Gasteiger partial charge in [-0.1, -0.05) is 12.1 Å². The van der Waals surface area contributed by atoms with Crippen molar-refractivity contribution < 1.29 is 4.79 Å². The van der Waals surface area contributed by atoms with E-state index in [4.69, 9.17) is 11.5 Å². The summed E-state index contributed by atoms with van der Waals surface area (Å²) in [5, 5.41) is 0. The highest BCUT2D eigenvalue weighted by Gasteiger charge is 2.45. The summed E-state index contributed by atoms with van der Waals surface area (Å²) < 4.78 is 0. The number of amides is 1. The van der Waals surface area contributed by atoms with Crippen LogP contribution in [-0.4, -0.2) is 25.8 Å². The number of carbonyl (C=O) groups is 1. The second-order valence-corrected chi connectivity index (χ2v) is 7.02. The van der Waals surface area contributed by atoms with E-state index in [0.717, 1.165) is 22.4 Å². The molecule has 0 radical (unpaired) electrons. The molecule has 0 unspecified atom stereocenters. The Balaban J connectivity index is 1.88. The zero-order chi connectivity index (χ0) is 19.3. The third-order valence-electron chi connectivity index (χ3n) is 4.81. The van der Waals surface area contributed by atoms with Gasteiger partial charge >= 0.3 is 0 Å². The van der Waals surface area contributed by atoms with Crippen LogP contribution < -0.4 is 16.4 Å². The molecule has 1 aromatic carbocycles. The molecule has 4 rings (SSSR count). The number of aromatic nitrogens is 4. The Labute approximate surface area is 156 Å². The van der Waals surface area contributed by atoms with E-state index in [-0.39, 0.29) is 17.5 Å². The molecule has 1 aliphatic heterocycles. The van der Waals surface area contributed by atoms with Gasteiger partial charge in [-0.3, -0.25) is 9.69 Å². The van der Waals surface area contributed by atoms with Crippen molar-refractivity contribution in [3.8, 4) is 11.1 Å². The van der Waals surface area contributed by atoms with Crippen LogP contribution >= 0.6 is 0 Å². The lowest BCUT2D eigenvalue weighted by Gasteiger charge is -2.19. The minimum atomic E-state index is -0.699. The molecule has 3 heterocycles. The normalized spacial score (nSPS) is 15.1. The quantitative estimate of drug-likeness (QED) is 0.718. The zero-order valence-electron chi connectivity index (χ0n) is 15.3. The van der Waals surface area contributed by atoms with E-state index in [1.807, 2.05) is 39.0 Å². The first-order valence-electron chi connectivity index (χ1n) is 8.45. The molecular weight excluding hydrogens is 342 g/mol. The molecule has 27 heavy (non-hydrogen) atoms. The molecule has 8 nitrogen and oxygen atoms in total. The van der Waals surface area contributed by atoms with Crippen molar-refractivity contribution in [2.24, 2.45) is 0 Å². The Morgan fingerprint density at radius 1 is 0.963 bits per heavy atom. The maximum Gasteiger partial charge on any atom is 0.242 e. The number of benzene rings is 1. The molecule has 0 bridgehead atoms. The van der Waals surface area contributed by atoms with E-state index in [1.54, 1.807) is 12.4 Å². The summed E-state index contributed by atoms with van der Waals surface area (Å²) >= 11 is 0. The number of nitrogen functional groups attached to an aromatic ring is 2. The van der Waals surface area contributed by atoms with Crippen LogP contribution in [0.3, 0.4) is 0 Å². The molecular formula is C19H19N7O. The predicted octanol–water partition coefficient (Wildman–Crippen LogP) is 2.36. The molecule has 1 aliphatic rings. The van der Waals surface area contributed by atoms with Gasteiger partial charge in [0, 0.05) is 18.0 Å². The van der Waals surface area contributed by atoms with Gasteiger partial charge in [-0.2, -0.15) is 0 Å². The molecule has 0 saturated heterocycles. The topological polar surface area (TPSA) is 124 Å². The summed E-state index contributed by atoms with van der Waals surface area (Å²) in [7, 11) is 0. The van der Waals surface area contributed by atoms with Gasteiger partial charge in [-0.05, 0) is 38.0 Å². The molecule has 0 spiro atoms. The van der Waals surface area contributed by atoms with Crippen LogP contribution in [0.15, 0.2) is 36.8 Å². The van der Waals surface area contributed by atoms with Crippen LogP contribution in [0.5, 0.6) is 0 Å². The molecule has 2 aromatic heterocycles. The fourth-order valence-electron chi connectivity index (χ4n) is 3.21. The molecule has 0 saturated carbocycles. The third-order valence-corrected chi connectivity index (χ3v) is 4.81. The van der Waals surface area contributed by atoms with Crippen LogP contribution in [0.25, 0.3) is 11.1 Å². The molecule has 1 amide bonds. The standard InChI is InChI=1S/C19H19N7O/c1-10-22-7-12(8-23-10)11-4-5-13-14(6-11)26(18(27)19(13,2)3)15-9-24-16(20)17(21)25-15/h4-9H,1-3H3,(H2,20,24)(H2,21,25). The Morgan fingerprint density at radius 2 is 1.67 bits per heavy atom. The number of aryl methyl sites for hydroxylation is 1. The van der Waals surface area contributed by atoms with Crippen LogP contribution in [0.4, 0.5) is 23.1 Å². The van der Waals surface area contributed by atoms with Crippen LogP contribution in [0.1, 0.15) is 25.2 Å². The number of anilines is 4. The Kier molecular flexibility index (Phi) is 3.59. The van der Waals surface area contributed by atoms with Crippen molar-refractivity contribution in [2.75, 3.05) is 16.4 Å². The number of hydrogen-bond acceptors (Lipinski definition) is 7. The van der Waals surface area contributed by atoms with E-state index in [0.29, 0.717) is 11.6 Å². The fourth-order valence-corrected chi connectivity index (χ4v) is 3.21. The number of carbonyl (C=O) groups excluding carboxylic acids is 1. The number of nitrogens with zero attached hydrogens (tertiary/aromatic N) is 5. The SMILES string of the molecule is Cc1ncc(-c2ccc3c(c2)N(c2cnc(N)c(N)n2)C(=O)C3(C)C)cn1. The van der Waals surface area contributed by atoms with Gasteiger partial charge < -0.3 is 11.5 Å². The average Bonchev–Trinajstić information content (AvgIpc) is 2.84. The monoisotopic (exact) mass is 361 g/mol. The average molecular weight is 361 g/mol. The predicted molar refractivity (Wildman–Crippen MR) is 103 cm³/mol. The van der Waals surface area contributed by atoms with Gasteiger partial charge in [0.2, 0.25) is 5.91 Å². The van der Waals surface area contributed by atoms with Crippen molar-refractivity contribution in [1.29, 1.82) is 0 Å². The van der Waals surface area contributed by atoms with Crippen LogP contribution in [-0.2, 0) is 10.2 Å². The molecule has 0 atom stereocenters. The van der Waals surface area contributed by atoms with Crippen LogP contribution in [0.2, 0.25) is 0 Å². The van der Waals surface area contributed by atoms with E-state index >= 15 is 0 Å². The Bertz CT molecular complexity index is 1060. The second kappa shape index (κ2) is 5.73.